The third kappa shape index (κ3) is 2.91. The fourth-order valence-corrected chi connectivity index (χ4v) is 1.93. The van der Waals surface area contributed by atoms with E-state index in [1.165, 1.54) is 6.07 Å². The second kappa shape index (κ2) is 5.66. The number of carbonyl (C=O) groups is 2. The highest BCUT2D eigenvalue weighted by Crippen LogP contribution is 2.23. The average Bonchev–Trinajstić information content (AvgIpc) is 2.92. The quantitative estimate of drug-likeness (QED) is 0.635. The average molecular weight is 280 g/mol. The minimum atomic E-state index is -1.35. The van der Waals surface area contributed by atoms with Crippen LogP contribution in [-0.4, -0.2) is 34.6 Å². The summed E-state index contributed by atoms with van der Waals surface area (Å²) < 4.78 is 5.18. The van der Waals surface area contributed by atoms with Crippen molar-refractivity contribution in [3.8, 4) is 0 Å². The van der Waals surface area contributed by atoms with E-state index in [1.54, 1.807) is 0 Å². The topological polar surface area (TPSA) is 119 Å². The molecule has 1 amide bonds. The number of anilines is 1. The predicted octanol–water partition coefficient (Wildman–Crippen LogP) is 1.41. The van der Waals surface area contributed by atoms with Crippen molar-refractivity contribution in [1.29, 1.82) is 0 Å². The molecule has 0 aliphatic carbocycles. The molecule has 1 fully saturated rings. The van der Waals surface area contributed by atoms with Crippen LogP contribution < -0.4 is 5.32 Å². The Bertz CT molecular complexity index is 565. The number of nitrogens with zero attached hydrogens (tertiary/aromatic N) is 1. The molecule has 8 heteroatoms. The third-order valence-corrected chi connectivity index (χ3v) is 2.92. The number of benzene rings is 1. The van der Waals surface area contributed by atoms with Crippen LogP contribution in [0.5, 0.6) is 0 Å². The van der Waals surface area contributed by atoms with Crippen LogP contribution in [0.25, 0.3) is 0 Å². The molecule has 0 saturated carbocycles. The summed E-state index contributed by atoms with van der Waals surface area (Å²) in [5.74, 6) is -1.80. The number of carboxylic acids is 1. The van der Waals surface area contributed by atoms with Crippen molar-refractivity contribution in [3.05, 3.63) is 33.9 Å². The molecule has 20 heavy (non-hydrogen) atoms. The Kier molecular flexibility index (Phi) is 3.94. The number of carboxylic acid groups (broad SMARTS) is 1. The number of carbonyl (C=O) groups excluding carboxylic acids is 1. The van der Waals surface area contributed by atoms with Crippen LogP contribution in [0.3, 0.4) is 0 Å². The van der Waals surface area contributed by atoms with Gasteiger partial charge in [-0.05, 0) is 18.9 Å². The molecule has 1 aliphatic heterocycles. The first-order chi connectivity index (χ1) is 9.49. The molecule has 1 aromatic rings. The highest BCUT2D eigenvalue weighted by Gasteiger charge is 2.25. The van der Waals surface area contributed by atoms with Gasteiger partial charge in [0.2, 0.25) is 0 Å². The molecule has 1 aromatic carbocycles. The van der Waals surface area contributed by atoms with E-state index >= 15 is 0 Å². The molecule has 1 heterocycles. The van der Waals surface area contributed by atoms with Crippen LogP contribution in [0.1, 0.15) is 23.2 Å². The molecule has 2 rings (SSSR count). The molecule has 2 N–H and O–H groups in total. The molecule has 1 aliphatic rings. The number of aromatic carboxylic acids is 1. The number of hydrogen-bond acceptors (Lipinski definition) is 5. The lowest BCUT2D eigenvalue weighted by Crippen LogP contribution is -2.27. The van der Waals surface area contributed by atoms with Gasteiger partial charge in [-0.2, -0.15) is 0 Å². The van der Waals surface area contributed by atoms with E-state index in [4.69, 9.17) is 9.84 Å². The summed E-state index contributed by atoms with van der Waals surface area (Å²) in [5.41, 5.74) is -0.660. The lowest BCUT2D eigenvalue weighted by molar-refractivity contribution is -0.384. The van der Waals surface area contributed by atoms with Gasteiger partial charge in [-0.15, -0.1) is 0 Å². The van der Waals surface area contributed by atoms with Gasteiger partial charge in [-0.25, -0.2) is 4.79 Å². The van der Waals surface area contributed by atoms with Gasteiger partial charge in [0.1, 0.15) is 6.10 Å². The second-order valence-electron chi connectivity index (χ2n) is 4.28. The van der Waals surface area contributed by atoms with E-state index in [-0.39, 0.29) is 16.9 Å². The first-order valence-corrected chi connectivity index (χ1v) is 5.93. The van der Waals surface area contributed by atoms with Crippen molar-refractivity contribution in [2.75, 3.05) is 11.9 Å². The minimum absolute atomic E-state index is 0.0172. The van der Waals surface area contributed by atoms with Gasteiger partial charge in [0.05, 0.1) is 16.2 Å². The molecule has 0 bridgehead atoms. The maximum Gasteiger partial charge on any atom is 0.338 e. The van der Waals surface area contributed by atoms with Gasteiger partial charge in [0.15, 0.2) is 0 Å². The Balaban J connectivity index is 2.24. The van der Waals surface area contributed by atoms with Crippen LogP contribution >= 0.6 is 0 Å². The largest absolute Gasteiger partial charge is 0.478 e. The number of ether oxygens (including phenoxy) is 1. The molecule has 0 spiro atoms. The normalized spacial score (nSPS) is 17.7. The highest BCUT2D eigenvalue weighted by molar-refractivity contribution is 6.02. The van der Waals surface area contributed by atoms with E-state index in [0.29, 0.717) is 13.0 Å². The van der Waals surface area contributed by atoms with Gasteiger partial charge in [0, 0.05) is 18.7 Å². The van der Waals surface area contributed by atoms with E-state index in [2.05, 4.69) is 5.32 Å². The number of non-ortho nitro benzene ring substituents is 1. The zero-order valence-electron chi connectivity index (χ0n) is 10.4. The van der Waals surface area contributed by atoms with Crippen LogP contribution in [0, 0.1) is 10.1 Å². The zero-order chi connectivity index (χ0) is 14.7. The predicted molar refractivity (Wildman–Crippen MR) is 67.7 cm³/mol. The molecular formula is C12H12N2O6. The summed E-state index contributed by atoms with van der Waals surface area (Å²) in [6.07, 6.45) is 0.734. The molecule has 1 atom stereocenters. The zero-order valence-corrected chi connectivity index (χ0v) is 10.4. The van der Waals surface area contributed by atoms with Crippen LogP contribution in [0.4, 0.5) is 11.4 Å². The third-order valence-electron chi connectivity index (χ3n) is 2.92. The van der Waals surface area contributed by atoms with E-state index in [1.807, 2.05) is 0 Å². The van der Waals surface area contributed by atoms with E-state index in [9.17, 15) is 19.7 Å². The van der Waals surface area contributed by atoms with Gasteiger partial charge >= 0.3 is 5.97 Å². The lowest BCUT2D eigenvalue weighted by atomic mass is 10.1. The van der Waals surface area contributed by atoms with Crippen molar-refractivity contribution in [1.82, 2.24) is 0 Å². The van der Waals surface area contributed by atoms with Crippen LogP contribution in [0.15, 0.2) is 18.2 Å². The second-order valence-corrected chi connectivity index (χ2v) is 4.28. The molecule has 106 valence electrons. The Morgan fingerprint density at radius 3 is 2.75 bits per heavy atom. The van der Waals surface area contributed by atoms with Crippen molar-refractivity contribution < 1.29 is 24.4 Å². The minimum Gasteiger partial charge on any atom is -0.478 e. The van der Waals surface area contributed by atoms with Gasteiger partial charge in [-0.1, -0.05) is 0 Å². The Hall–Kier alpha value is -2.48. The number of amides is 1. The molecule has 0 aromatic heterocycles. The van der Waals surface area contributed by atoms with Crippen molar-refractivity contribution >= 4 is 23.3 Å². The SMILES string of the molecule is O=C(O)c1cc([N+](=O)[O-])ccc1NC(=O)C1CCCO1. The Labute approximate surface area is 113 Å². The summed E-state index contributed by atoms with van der Waals surface area (Å²) >= 11 is 0. The van der Waals surface area contributed by atoms with Crippen LogP contribution in [-0.2, 0) is 9.53 Å². The molecule has 1 unspecified atom stereocenters. The van der Waals surface area contributed by atoms with Gasteiger partial charge in [0.25, 0.3) is 11.6 Å². The number of nitrogens with one attached hydrogen (secondary N) is 1. The number of nitro benzene ring substituents is 1. The van der Waals surface area contributed by atoms with Crippen molar-refractivity contribution in [3.63, 3.8) is 0 Å². The van der Waals surface area contributed by atoms with Gasteiger partial charge < -0.3 is 15.2 Å². The summed E-state index contributed by atoms with van der Waals surface area (Å²) in [7, 11) is 0. The number of rotatable bonds is 4. The Morgan fingerprint density at radius 1 is 1.45 bits per heavy atom. The van der Waals surface area contributed by atoms with E-state index in [0.717, 1.165) is 18.6 Å². The maximum absolute atomic E-state index is 11.8. The molecule has 8 nitrogen and oxygen atoms in total. The fraction of sp³-hybridized carbons (Fsp3) is 0.333. The maximum atomic E-state index is 11.8. The number of hydrogen-bond donors (Lipinski definition) is 2. The first-order valence-electron chi connectivity index (χ1n) is 5.93. The molecular weight excluding hydrogens is 268 g/mol. The molecule has 1 saturated heterocycles. The number of nitro groups is 1. The lowest BCUT2D eigenvalue weighted by Gasteiger charge is -2.12. The molecule has 0 radical (unpaired) electrons. The Morgan fingerprint density at radius 2 is 2.20 bits per heavy atom. The smallest absolute Gasteiger partial charge is 0.338 e. The summed E-state index contributed by atoms with van der Waals surface area (Å²) in [5, 5.41) is 22.1. The van der Waals surface area contributed by atoms with Crippen molar-refractivity contribution in [2.45, 2.75) is 18.9 Å². The highest BCUT2D eigenvalue weighted by atomic mass is 16.6. The fourth-order valence-electron chi connectivity index (χ4n) is 1.93. The van der Waals surface area contributed by atoms with Crippen LogP contribution in [0.2, 0.25) is 0 Å². The summed E-state index contributed by atoms with van der Waals surface area (Å²) in [4.78, 5) is 32.9. The first kappa shape index (κ1) is 13.9. The standard InChI is InChI=1S/C12H12N2O6/c15-11(10-2-1-5-20-10)13-9-4-3-7(14(18)19)6-8(9)12(16)17/h3-4,6,10H,1-2,5H2,(H,13,15)(H,16,17). The summed E-state index contributed by atoms with van der Waals surface area (Å²) in [6.45, 7) is 0.490. The van der Waals surface area contributed by atoms with E-state index < -0.39 is 22.9 Å². The van der Waals surface area contributed by atoms with Crippen molar-refractivity contribution in [2.24, 2.45) is 0 Å². The summed E-state index contributed by atoms with van der Waals surface area (Å²) in [6, 6.07) is 3.25. The van der Waals surface area contributed by atoms with Gasteiger partial charge in [-0.3, -0.25) is 14.9 Å². The monoisotopic (exact) mass is 280 g/mol.